The molecule has 1 heterocycles. The number of rotatable bonds is 3. The van der Waals surface area contributed by atoms with Gasteiger partial charge in [0.1, 0.15) is 23.1 Å². The average molecular weight is 346 g/mol. The fraction of sp³-hybridized carbons (Fsp3) is 0. The van der Waals surface area contributed by atoms with Crippen molar-refractivity contribution in [3.63, 3.8) is 0 Å². The van der Waals surface area contributed by atoms with E-state index in [1.165, 1.54) is 18.5 Å². The topological polar surface area (TPSA) is 84.9 Å². The maximum absolute atomic E-state index is 13.3. The first-order valence-corrected chi connectivity index (χ1v) is 6.13. The SMILES string of the molecule is N=C(N)c1cnc(Oc2cc(F)c(Cl)cc2Br)cn1. The van der Waals surface area contributed by atoms with Crippen molar-refractivity contribution in [2.45, 2.75) is 0 Å². The van der Waals surface area contributed by atoms with Crippen molar-refractivity contribution < 1.29 is 9.13 Å². The number of ether oxygens (including phenoxy) is 1. The molecule has 5 nitrogen and oxygen atoms in total. The molecule has 0 unspecified atom stereocenters. The molecule has 2 rings (SSSR count). The highest BCUT2D eigenvalue weighted by molar-refractivity contribution is 9.10. The molecule has 3 N–H and O–H groups in total. The van der Waals surface area contributed by atoms with Gasteiger partial charge >= 0.3 is 0 Å². The predicted molar refractivity (Wildman–Crippen MR) is 72.2 cm³/mol. The van der Waals surface area contributed by atoms with Crippen LogP contribution in [0.15, 0.2) is 29.0 Å². The molecule has 0 saturated heterocycles. The van der Waals surface area contributed by atoms with Crippen molar-refractivity contribution >= 4 is 33.4 Å². The van der Waals surface area contributed by atoms with Gasteiger partial charge in [0.25, 0.3) is 0 Å². The molecule has 0 aliphatic carbocycles. The van der Waals surface area contributed by atoms with E-state index < -0.39 is 5.82 Å². The van der Waals surface area contributed by atoms with Gasteiger partial charge in [-0.2, -0.15) is 0 Å². The number of hydrogen-bond acceptors (Lipinski definition) is 4. The molecule has 8 heteroatoms. The number of nitrogens with zero attached hydrogens (tertiary/aromatic N) is 2. The predicted octanol–water partition coefficient (Wildman–Crippen LogP) is 3.11. The Bertz CT molecular complexity index is 635. The van der Waals surface area contributed by atoms with Gasteiger partial charge < -0.3 is 10.5 Å². The van der Waals surface area contributed by atoms with E-state index in [9.17, 15) is 4.39 Å². The van der Waals surface area contributed by atoms with Gasteiger partial charge in [-0.3, -0.25) is 5.41 Å². The Morgan fingerprint density at radius 2 is 2.11 bits per heavy atom. The third kappa shape index (κ3) is 3.18. The van der Waals surface area contributed by atoms with E-state index in [1.807, 2.05) is 0 Å². The summed E-state index contributed by atoms with van der Waals surface area (Å²) in [6.07, 6.45) is 2.58. The highest BCUT2D eigenvalue weighted by Crippen LogP contribution is 2.32. The lowest BCUT2D eigenvalue weighted by Gasteiger charge is -2.07. The summed E-state index contributed by atoms with van der Waals surface area (Å²) >= 11 is 8.82. The van der Waals surface area contributed by atoms with E-state index in [2.05, 4.69) is 25.9 Å². The molecule has 19 heavy (non-hydrogen) atoms. The van der Waals surface area contributed by atoms with E-state index in [-0.39, 0.29) is 28.2 Å². The highest BCUT2D eigenvalue weighted by atomic mass is 79.9. The number of amidine groups is 1. The quantitative estimate of drug-likeness (QED) is 0.508. The molecule has 0 amide bonds. The van der Waals surface area contributed by atoms with E-state index in [4.69, 9.17) is 27.5 Å². The molecule has 0 atom stereocenters. The van der Waals surface area contributed by atoms with Crippen LogP contribution in [0.1, 0.15) is 5.69 Å². The number of nitrogen functional groups attached to an aromatic ring is 1. The minimum absolute atomic E-state index is 0.0164. The molecule has 1 aromatic heterocycles. The van der Waals surface area contributed by atoms with Gasteiger partial charge in [0.05, 0.1) is 21.9 Å². The van der Waals surface area contributed by atoms with Crippen molar-refractivity contribution in [2.24, 2.45) is 5.73 Å². The number of nitrogens with two attached hydrogens (primary N) is 1. The number of aromatic nitrogens is 2. The van der Waals surface area contributed by atoms with Crippen LogP contribution >= 0.6 is 27.5 Å². The minimum atomic E-state index is -0.604. The summed E-state index contributed by atoms with van der Waals surface area (Å²) in [5.41, 5.74) is 5.48. The van der Waals surface area contributed by atoms with Gasteiger partial charge in [-0.25, -0.2) is 14.4 Å². The first-order chi connectivity index (χ1) is 8.97. The van der Waals surface area contributed by atoms with Crippen LogP contribution in [-0.4, -0.2) is 15.8 Å². The zero-order valence-electron chi connectivity index (χ0n) is 9.32. The van der Waals surface area contributed by atoms with Gasteiger partial charge in [0.15, 0.2) is 0 Å². The summed E-state index contributed by atoms with van der Waals surface area (Å²) in [6, 6.07) is 2.51. The third-order valence-corrected chi connectivity index (χ3v) is 3.00. The first-order valence-electron chi connectivity index (χ1n) is 4.96. The zero-order valence-corrected chi connectivity index (χ0v) is 11.7. The largest absolute Gasteiger partial charge is 0.436 e. The molecule has 2 aromatic rings. The van der Waals surface area contributed by atoms with Gasteiger partial charge in [0, 0.05) is 6.07 Å². The molecular formula is C11H7BrClFN4O. The molecule has 0 spiro atoms. The lowest BCUT2D eigenvalue weighted by Crippen LogP contribution is -2.13. The van der Waals surface area contributed by atoms with Crippen LogP contribution in [-0.2, 0) is 0 Å². The summed E-state index contributed by atoms with van der Waals surface area (Å²) in [4.78, 5) is 7.78. The van der Waals surface area contributed by atoms with Gasteiger partial charge in [-0.15, -0.1) is 0 Å². The fourth-order valence-electron chi connectivity index (χ4n) is 1.20. The highest BCUT2D eigenvalue weighted by Gasteiger charge is 2.10. The summed E-state index contributed by atoms with van der Waals surface area (Å²) in [5.74, 6) is -0.440. The molecule has 98 valence electrons. The molecule has 0 radical (unpaired) electrons. The van der Waals surface area contributed by atoms with Crippen LogP contribution in [0.3, 0.4) is 0 Å². The fourth-order valence-corrected chi connectivity index (χ4v) is 1.92. The Balaban J connectivity index is 2.26. The van der Waals surface area contributed by atoms with Gasteiger partial charge in [0.2, 0.25) is 5.88 Å². The Labute approximate surface area is 121 Å². The number of nitrogens with one attached hydrogen (secondary N) is 1. The van der Waals surface area contributed by atoms with Crippen molar-refractivity contribution in [3.8, 4) is 11.6 Å². The lowest BCUT2D eigenvalue weighted by molar-refractivity contribution is 0.452. The van der Waals surface area contributed by atoms with E-state index in [0.29, 0.717) is 4.47 Å². The number of hydrogen-bond donors (Lipinski definition) is 2. The molecule has 0 aliphatic rings. The molecule has 1 aromatic carbocycles. The summed E-state index contributed by atoms with van der Waals surface area (Å²) in [5, 5.41) is 7.16. The number of halogens is 3. The van der Waals surface area contributed by atoms with E-state index in [0.717, 1.165) is 6.07 Å². The van der Waals surface area contributed by atoms with Crippen molar-refractivity contribution in [1.82, 2.24) is 9.97 Å². The minimum Gasteiger partial charge on any atom is -0.436 e. The van der Waals surface area contributed by atoms with Gasteiger partial charge in [-0.1, -0.05) is 11.6 Å². The number of benzene rings is 1. The van der Waals surface area contributed by atoms with Crippen LogP contribution in [0.2, 0.25) is 5.02 Å². The third-order valence-electron chi connectivity index (χ3n) is 2.09. The molecule has 0 fully saturated rings. The zero-order chi connectivity index (χ0) is 14.0. The second kappa shape index (κ2) is 5.50. The van der Waals surface area contributed by atoms with Crippen LogP contribution in [0, 0.1) is 11.2 Å². The van der Waals surface area contributed by atoms with Gasteiger partial charge in [-0.05, 0) is 22.0 Å². The van der Waals surface area contributed by atoms with E-state index in [1.54, 1.807) is 0 Å². The molecule has 0 aliphatic heterocycles. The second-order valence-electron chi connectivity index (χ2n) is 3.45. The smallest absolute Gasteiger partial charge is 0.237 e. The van der Waals surface area contributed by atoms with Crippen molar-refractivity contribution in [2.75, 3.05) is 0 Å². The Hall–Kier alpha value is -1.73. The van der Waals surface area contributed by atoms with Crippen molar-refractivity contribution in [1.29, 1.82) is 5.41 Å². The Morgan fingerprint density at radius 3 is 2.68 bits per heavy atom. The normalized spacial score (nSPS) is 10.3. The summed E-state index contributed by atoms with van der Waals surface area (Å²) in [6.45, 7) is 0. The maximum atomic E-state index is 13.3. The van der Waals surface area contributed by atoms with Crippen LogP contribution in [0.25, 0.3) is 0 Å². The molecule has 0 bridgehead atoms. The van der Waals surface area contributed by atoms with Crippen molar-refractivity contribution in [3.05, 3.63) is 45.5 Å². The molecule has 0 saturated carbocycles. The van der Waals surface area contributed by atoms with Crippen LogP contribution in [0.5, 0.6) is 11.6 Å². The second-order valence-corrected chi connectivity index (χ2v) is 4.71. The summed E-state index contributed by atoms with van der Waals surface area (Å²) < 4.78 is 19.2. The first kappa shape index (κ1) is 13.7. The average Bonchev–Trinajstić information content (AvgIpc) is 2.36. The molecular weight excluding hydrogens is 339 g/mol. The standard InChI is InChI=1S/C11H7BrClFN4O/c12-5-1-6(13)7(14)2-9(5)19-10-4-17-8(3-18-10)11(15)16/h1-4H,(H3,15,16). The summed E-state index contributed by atoms with van der Waals surface area (Å²) in [7, 11) is 0. The maximum Gasteiger partial charge on any atom is 0.237 e. The monoisotopic (exact) mass is 344 g/mol. The Morgan fingerprint density at radius 1 is 1.37 bits per heavy atom. The van der Waals surface area contributed by atoms with Crippen LogP contribution in [0.4, 0.5) is 4.39 Å². The Kier molecular flexibility index (Phi) is 3.96. The van der Waals surface area contributed by atoms with E-state index >= 15 is 0 Å². The lowest BCUT2D eigenvalue weighted by atomic mass is 10.3. The van der Waals surface area contributed by atoms with Crippen LogP contribution < -0.4 is 10.5 Å².